The summed E-state index contributed by atoms with van der Waals surface area (Å²) in [6.45, 7) is 0. The molecule has 0 spiro atoms. The topological polar surface area (TPSA) is 9.23 Å². The third-order valence-electron chi connectivity index (χ3n) is 2.48. The van der Waals surface area contributed by atoms with Crippen molar-refractivity contribution < 1.29 is 17.9 Å². The van der Waals surface area contributed by atoms with E-state index in [9.17, 15) is 13.2 Å². The molecule has 1 nitrogen and oxygen atoms in total. The van der Waals surface area contributed by atoms with Crippen LogP contribution in [-0.2, 0) is 0 Å². The summed E-state index contributed by atoms with van der Waals surface area (Å²) < 4.78 is 46.1. The van der Waals surface area contributed by atoms with Crippen LogP contribution in [0.15, 0.2) is 30.3 Å². The molecule has 0 aliphatic carbocycles. The van der Waals surface area contributed by atoms with Gasteiger partial charge < -0.3 is 4.74 Å². The molecule has 0 aliphatic rings. The minimum Gasteiger partial charge on any atom is -0.496 e. The van der Waals surface area contributed by atoms with Crippen LogP contribution in [0.4, 0.5) is 13.2 Å². The van der Waals surface area contributed by atoms with Gasteiger partial charge in [-0.1, -0.05) is 6.07 Å². The van der Waals surface area contributed by atoms with Gasteiger partial charge in [-0.3, -0.25) is 0 Å². The van der Waals surface area contributed by atoms with Crippen molar-refractivity contribution in [1.82, 2.24) is 0 Å². The zero-order valence-corrected chi connectivity index (χ0v) is 11.5. The molecule has 0 fully saturated rings. The minimum absolute atomic E-state index is 0.273. The highest BCUT2D eigenvalue weighted by Gasteiger charge is 2.16. The highest BCUT2D eigenvalue weighted by Crippen LogP contribution is 2.31. The molecule has 2 aromatic carbocycles. The van der Waals surface area contributed by atoms with E-state index in [1.165, 1.54) is 13.2 Å². The first-order valence-corrected chi connectivity index (χ1v) is 6.10. The number of hydrogen-bond acceptors (Lipinski definition) is 1. The Kier molecular flexibility index (Phi) is 3.79. The quantitative estimate of drug-likeness (QED) is 0.568. The summed E-state index contributed by atoms with van der Waals surface area (Å²) in [6.07, 6.45) is 0. The normalized spacial score (nSPS) is 10.5. The molecule has 0 radical (unpaired) electrons. The number of benzene rings is 2. The molecule has 18 heavy (non-hydrogen) atoms. The highest BCUT2D eigenvalue weighted by molar-refractivity contribution is 14.1. The zero-order valence-electron chi connectivity index (χ0n) is 9.31. The van der Waals surface area contributed by atoms with Crippen molar-refractivity contribution in [3.8, 4) is 16.9 Å². The second-order valence-corrected chi connectivity index (χ2v) is 4.73. The van der Waals surface area contributed by atoms with Crippen molar-refractivity contribution in [2.75, 3.05) is 7.11 Å². The molecule has 2 aromatic rings. The van der Waals surface area contributed by atoms with Crippen LogP contribution in [0.2, 0.25) is 0 Å². The van der Waals surface area contributed by atoms with Crippen molar-refractivity contribution in [3.63, 3.8) is 0 Å². The van der Waals surface area contributed by atoms with E-state index < -0.39 is 17.5 Å². The van der Waals surface area contributed by atoms with E-state index in [0.29, 0.717) is 9.32 Å². The lowest BCUT2D eigenvalue weighted by atomic mass is 10.0. The fourth-order valence-electron chi connectivity index (χ4n) is 1.61. The van der Waals surface area contributed by atoms with Gasteiger partial charge in [0.1, 0.15) is 11.6 Å². The van der Waals surface area contributed by atoms with Gasteiger partial charge in [-0.2, -0.15) is 0 Å². The largest absolute Gasteiger partial charge is 0.496 e. The van der Waals surface area contributed by atoms with Crippen LogP contribution in [-0.4, -0.2) is 7.11 Å². The molecular formula is C13H8F3IO. The van der Waals surface area contributed by atoms with E-state index in [1.807, 2.05) is 22.6 Å². The molecule has 0 bridgehead atoms. The summed E-state index contributed by atoms with van der Waals surface area (Å²) >= 11 is 1.98. The van der Waals surface area contributed by atoms with Crippen LogP contribution in [0.1, 0.15) is 0 Å². The van der Waals surface area contributed by atoms with E-state index in [0.717, 1.165) is 12.1 Å². The molecule has 0 aliphatic heterocycles. The standard InChI is InChI=1S/C13H8F3IO/c1-18-11-5-2-7(6-10(11)17)12-8(14)3-4-9(15)13(12)16/h2-6H,1H3. The Morgan fingerprint density at radius 2 is 1.67 bits per heavy atom. The Labute approximate surface area is 116 Å². The Hall–Kier alpha value is -1.24. The van der Waals surface area contributed by atoms with E-state index in [1.54, 1.807) is 12.1 Å². The van der Waals surface area contributed by atoms with Crippen molar-refractivity contribution in [3.05, 3.63) is 51.4 Å². The predicted molar refractivity (Wildman–Crippen MR) is 71.0 cm³/mol. The van der Waals surface area contributed by atoms with Gasteiger partial charge in [-0.05, 0) is 52.4 Å². The van der Waals surface area contributed by atoms with Crippen molar-refractivity contribution in [2.45, 2.75) is 0 Å². The van der Waals surface area contributed by atoms with Gasteiger partial charge in [-0.25, -0.2) is 13.2 Å². The smallest absolute Gasteiger partial charge is 0.169 e. The molecule has 0 unspecified atom stereocenters. The molecule has 0 saturated heterocycles. The van der Waals surface area contributed by atoms with Gasteiger partial charge in [0.05, 0.1) is 16.2 Å². The molecule has 0 N–H and O–H groups in total. The Bertz CT molecular complexity index is 599. The van der Waals surface area contributed by atoms with E-state index >= 15 is 0 Å². The van der Waals surface area contributed by atoms with Crippen LogP contribution in [0.3, 0.4) is 0 Å². The molecule has 5 heteroatoms. The third-order valence-corrected chi connectivity index (χ3v) is 3.33. The van der Waals surface area contributed by atoms with Crippen LogP contribution in [0.5, 0.6) is 5.75 Å². The van der Waals surface area contributed by atoms with Gasteiger partial charge in [0.15, 0.2) is 11.6 Å². The summed E-state index contributed by atoms with van der Waals surface area (Å²) in [6, 6.07) is 6.29. The van der Waals surface area contributed by atoms with Crippen LogP contribution < -0.4 is 4.74 Å². The van der Waals surface area contributed by atoms with Crippen molar-refractivity contribution >= 4 is 22.6 Å². The first-order chi connectivity index (χ1) is 8.54. The number of rotatable bonds is 2. The number of ether oxygens (including phenoxy) is 1. The van der Waals surface area contributed by atoms with Gasteiger partial charge in [-0.15, -0.1) is 0 Å². The van der Waals surface area contributed by atoms with Crippen LogP contribution in [0, 0.1) is 21.0 Å². The summed E-state index contributed by atoms with van der Waals surface area (Å²) in [5, 5.41) is 0. The first kappa shape index (κ1) is 13.2. The molecular weight excluding hydrogens is 356 g/mol. The van der Waals surface area contributed by atoms with Gasteiger partial charge >= 0.3 is 0 Å². The lowest BCUT2D eigenvalue weighted by Crippen LogP contribution is -1.95. The van der Waals surface area contributed by atoms with Gasteiger partial charge in [0, 0.05) is 0 Å². The second-order valence-electron chi connectivity index (χ2n) is 3.57. The molecule has 0 atom stereocenters. The number of methoxy groups -OCH3 is 1. The van der Waals surface area contributed by atoms with Crippen LogP contribution >= 0.6 is 22.6 Å². The molecule has 2 rings (SSSR count). The molecule has 0 amide bonds. The number of halogens is 4. The predicted octanol–water partition coefficient (Wildman–Crippen LogP) is 4.38. The lowest BCUT2D eigenvalue weighted by molar-refractivity contribution is 0.412. The van der Waals surface area contributed by atoms with E-state index in [4.69, 9.17) is 4.74 Å². The van der Waals surface area contributed by atoms with E-state index in [-0.39, 0.29) is 11.1 Å². The fraction of sp³-hybridized carbons (Fsp3) is 0.0769. The summed E-state index contributed by atoms with van der Waals surface area (Å²) in [4.78, 5) is 0. The molecule has 0 heterocycles. The number of hydrogen-bond donors (Lipinski definition) is 0. The minimum atomic E-state index is -1.18. The van der Waals surface area contributed by atoms with E-state index in [2.05, 4.69) is 0 Å². The van der Waals surface area contributed by atoms with Crippen molar-refractivity contribution in [1.29, 1.82) is 0 Å². The maximum absolute atomic E-state index is 13.6. The van der Waals surface area contributed by atoms with Crippen molar-refractivity contribution in [2.24, 2.45) is 0 Å². The third kappa shape index (κ3) is 2.31. The zero-order chi connectivity index (χ0) is 13.3. The maximum atomic E-state index is 13.6. The second kappa shape index (κ2) is 5.17. The summed E-state index contributed by atoms with van der Waals surface area (Å²) in [7, 11) is 1.50. The summed E-state index contributed by atoms with van der Waals surface area (Å²) in [5.74, 6) is -2.46. The highest BCUT2D eigenvalue weighted by atomic mass is 127. The van der Waals surface area contributed by atoms with Gasteiger partial charge in [0.2, 0.25) is 0 Å². The fourth-order valence-corrected chi connectivity index (χ4v) is 2.35. The van der Waals surface area contributed by atoms with Gasteiger partial charge in [0.25, 0.3) is 0 Å². The molecule has 0 saturated carbocycles. The molecule has 0 aromatic heterocycles. The SMILES string of the molecule is COc1ccc(-c2c(F)ccc(F)c2F)cc1I. The Morgan fingerprint density at radius 1 is 1.00 bits per heavy atom. The molecule has 94 valence electrons. The lowest BCUT2D eigenvalue weighted by Gasteiger charge is -2.09. The average molecular weight is 364 g/mol. The first-order valence-electron chi connectivity index (χ1n) is 5.02. The Morgan fingerprint density at radius 3 is 2.28 bits per heavy atom. The maximum Gasteiger partial charge on any atom is 0.169 e. The van der Waals surface area contributed by atoms with Crippen LogP contribution in [0.25, 0.3) is 11.1 Å². The Balaban J connectivity index is 2.62. The monoisotopic (exact) mass is 364 g/mol. The average Bonchev–Trinajstić information content (AvgIpc) is 2.35. The summed E-state index contributed by atoms with van der Waals surface area (Å²) in [5.41, 5.74) is -0.0923.